The van der Waals surface area contributed by atoms with Gasteiger partial charge in [-0.1, -0.05) is 0 Å². The van der Waals surface area contributed by atoms with Crippen LogP contribution in [0.5, 0.6) is 0 Å². The van der Waals surface area contributed by atoms with Gasteiger partial charge in [-0.15, -0.1) is 0 Å². The van der Waals surface area contributed by atoms with Crippen LogP contribution in [-0.4, -0.2) is 34.6 Å². The summed E-state index contributed by atoms with van der Waals surface area (Å²) in [6, 6.07) is 4.71. The molecule has 1 saturated heterocycles. The SMILES string of the molecule is CC1CNC(C)(C)CN1Cc1ccc(Br)cn1. The molecule has 1 N–H and O–H groups in total. The van der Waals surface area contributed by atoms with E-state index in [0.29, 0.717) is 6.04 Å². The molecule has 3 nitrogen and oxygen atoms in total. The number of nitrogens with one attached hydrogen (secondary N) is 1. The Hall–Kier alpha value is -0.450. The van der Waals surface area contributed by atoms with E-state index in [1.807, 2.05) is 6.20 Å². The van der Waals surface area contributed by atoms with E-state index in [1.54, 1.807) is 0 Å². The Kier molecular flexibility index (Phi) is 3.85. The van der Waals surface area contributed by atoms with Crippen molar-refractivity contribution >= 4 is 15.9 Å². The molecule has 0 amide bonds. The minimum absolute atomic E-state index is 0.196. The van der Waals surface area contributed by atoms with Gasteiger partial charge in [-0.2, -0.15) is 0 Å². The molecule has 1 atom stereocenters. The van der Waals surface area contributed by atoms with E-state index in [0.717, 1.165) is 29.8 Å². The molecule has 0 aliphatic carbocycles. The summed E-state index contributed by atoms with van der Waals surface area (Å²) in [5.41, 5.74) is 1.33. The smallest absolute Gasteiger partial charge is 0.0544 e. The molecule has 0 spiro atoms. The molecular formula is C13H20BrN3. The number of aromatic nitrogens is 1. The number of piperazine rings is 1. The van der Waals surface area contributed by atoms with Crippen molar-refractivity contribution in [2.75, 3.05) is 13.1 Å². The van der Waals surface area contributed by atoms with E-state index in [9.17, 15) is 0 Å². The predicted molar refractivity (Wildman–Crippen MR) is 73.9 cm³/mol. The summed E-state index contributed by atoms with van der Waals surface area (Å²) in [5.74, 6) is 0. The van der Waals surface area contributed by atoms with E-state index in [1.165, 1.54) is 0 Å². The van der Waals surface area contributed by atoms with Gasteiger partial charge in [0.25, 0.3) is 0 Å². The van der Waals surface area contributed by atoms with Crippen LogP contribution in [0.2, 0.25) is 0 Å². The van der Waals surface area contributed by atoms with Gasteiger partial charge in [-0.05, 0) is 48.8 Å². The van der Waals surface area contributed by atoms with Crippen LogP contribution in [0.1, 0.15) is 26.5 Å². The zero-order valence-electron chi connectivity index (χ0n) is 10.7. The molecule has 1 aliphatic rings. The van der Waals surface area contributed by atoms with E-state index < -0.39 is 0 Å². The lowest BCUT2D eigenvalue weighted by atomic mass is 9.99. The molecule has 2 rings (SSSR count). The molecular weight excluding hydrogens is 278 g/mol. The highest BCUT2D eigenvalue weighted by molar-refractivity contribution is 9.10. The highest BCUT2D eigenvalue weighted by Crippen LogP contribution is 2.17. The van der Waals surface area contributed by atoms with Crippen LogP contribution < -0.4 is 5.32 Å². The molecule has 2 heterocycles. The topological polar surface area (TPSA) is 28.2 Å². The van der Waals surface area contributed by atoms with Crippen LogP contribution in [0.4, 0.5) is 0 Å². The van der Waals surface area contributed by atoms with Gasteiger partial charge in [0.2, 0.25) is 0 Å². The first-order valence-electron chi connectivity index (χ1n) is 6.06. The van der Waals surface area contributed by atoms with Crippen molar-refractivity contribution < 1.29 is 0 Å². The standard InChI is InChI=1S/C13H20BrN3/c1-10-6-16-13(2,3)9-17(10)8-12-5-4-11(14)7-15-12/h4-5,7,10,16H,6,8-9H2,1-3H3. The fraction of sp³-hybridized carbons (Fsp3) is 0.615. The van der Waals surface area contributed by atoms with Crippen molar-refractivity contribution in [2.24, 2.45) is 0 Å². The Morgan fingerprint density at radius 1 is 1.53 bits per heavy atom. The highest BCUT2D eigenvalue weighted by Gasteiger charge is 2.30. The van der Waals surface area contributed by atoms with Crippen LogP contribution in [0.3, 0.4) is 0 Å². The lowest BCUT2D eigenvalue weighted by Gasteiger charge is -2.43. The minimum Gasteiger partial charge on any atom is -0.309 e. The highest BCUT2D eigenvalue weighted by atomic mass is 79.9. The van der Waals surface area contributed by atoms with E-state index in [4.69, 9.17) is 0 Å². The maximum Gasteiger partial charge on any atom is 0.0544 e. The zero-order chi connectivity index (χ0) is 12.5. The second kappa shape index (κ2) is 5.04. The molecule has 17 heavy (non-hydrogen) atoms. The van der Waals surface area contributed by atoms with Gasteiger partial charge >= 0.3 is 0 Å². The fourth-order valence-electron chi connectivity index (χ4n) is 2.19. The second-order valence-electron chi connectivity index (χ2n) is 5.49. The maximum atomic E-state index is 4.45. The summed E-state index contributed by atoms with van der Waals surface area (Å²) in [4.78, 5) is 6.94. The zero-order valence-corrected chi connectivity index (χ0v) is 12.3. The van der Waals surface area contributed by atoms with Crippen molar-refractivity contribution in [3.05, 3.63) is 28.5 Å². The third-order valence-electron chi connectivity index (χ3n) is 3.25. The third-order valence-corrected chi connectivity index (χ3v) is 3.72. The predicted octanol–water partition coefficient (Wildman–Crippen LogP) is 2.42. The number of hydrogen-bond acceptors (Lipinski definition) is 3. The number of halogens is 1. The summed E-state index contributed by atoms with van der Waals surface area (Å²) in [5, 5.41) is 3.56. The second-order valence-corrected chi connectivity index (χ2v) is 6.40. The number of pyridine rings is 1. The molecule has 1 aromatic heterocycles. The Bertz CT molecular complexity index is 375. The minimum atomic E-state index is 0.196. The van der Waals surface area contributed by atoms with E-state index in [-0.39, 0.29) is 5.54 Å². The van der Waals surface area contributed by atoms with Crippen LogP contribution >= 0.6 is 15.9 Å². The van der Waals surface area contributed by atoms with Gasteiger partial charge in [0.05, 0.1) is 5.69 Å². The van der Waals surface area contributed by atoms with Gasteiger partial charge < -0.3 is 5.32 Å². The first kappa shape index (κ1) is 13.0. The van der Waals surface area contributed by atoms with Gasteiger partial charge in [0.1, 0.15) is 0 Å². The van der Waals surface area contributed by atoms with Crippen molar-refractivity contribution in [3.8, 4) is 0 Å². The molecule has 94 valence electrons. The van der Waals surface area contributed by atoms with Gasteiger partial charge in [-0.3, -0.25) is 9.88 Å². The number of nitrogens with zero attached hydrogens (tertiary/aromatic N) is 2. The quantitative estimate of drug-likeness (QED) is 0.909. The molecule has 4 heteroatoms. The largest absolute Gasteiger partial charge is 0.309 e. The first-order valence-corrected chi connectivity index (χ1v) is 6.85. The average molecular weight is 298 g/mol. The fourth-order valence-corrected chi connectivity index (χ4v) is 2.43. The van der Waals surface area contributed by atoms with Crippen molar-refractivity contribution in [1.82, 2.24) is 15.2 Å². The Labute approximate surface area is 112 Å². The van der Waals surface area contributed by atoms with E-state index in [2.05, 4.69) is 64.0 Å². The maximum absolute atomic E-state index is 4.45. The van der Waals surface area contributed by atoms with Crippen LogP contribution in [-0.2, 0) is 6.54 Å². The monoisotopic (exact) mass is 297 g/mol. The number of hydrogen-bond donors (Lipinski definition) is 1. The first-order chi connectivity index (χ1) is 7.96. The molecule has 1 aliphatic heterocycles. The molecule has 1 unspecified atom stereocenters. The molecule has 0 aromatic carbocycles. The lowest BCUT2D eigenvalue weighted by molar-refractivity contribution is 0.0965. The van der Waals surface area contributed by atoms with Gasteiger partial charge in [-0.25, -0.2) is 0 Å². The van der Waals surface area contributed by atoms with Crippen molar-refractivity contribution in [2.45, 2.75) is 38.9 Å². The molecule has 0 radical (unpaired) electrons. The Morgan fingerprint density at radius 3 is 2.94 bits per heavy atom. The molecule has 0 bridgehead atoms. The molecule has 1 fully saturated rings. The number of rotatable bonds is 2. The summed E-state index contributed by atoms with van der Waals surface area (Å²) >= 11 is 3.41. The third kappa shape index (κ3) is 3.50. The van der Waals surface area contributed by atoms with Gasteiger partial charge in [0.15, 0.2) is 0 Å². The Balaban J connectivity index is 2.04. The van der Waals surface area contributed by atoms with Gasteiger partial charge in [0, 0.05) is 41.9 Å². The molecule has 0 saturated carbocycles. The molecule has 1 aromatic rings. The summed E-state index contributed by atoms with van der Waals surface area (Å²) in [6.45, 7) is 9.80. The summed E-state index contributed by atoms with van der Waals surface area (Å²) in [6.07, 6.45) is 1.87. The van der Waals surface area contributed by atoms with Crippen LogP contribution in [0, 0.1) is 0 Å². The average Bonchev–Trinajstić information content (AvgIpc) is 2.26. The Morgan fingerprint density at radius 2 is 2.29 bits per heavy atom. The van der Waals surface area contributed by atoms with Crippen LogP contribution in [0.25, 0.3) is 0 Å². The van der Waals surface area contributed by atoms with Crippen molar-refractivity contribution in [1.29, 1.82) is 0 Å². The normalized spacial score (nSPS) is 24.8. The van der Waals surface area contributed by atoms with E-state index >= 15 is 0 Å². The van der Waals surface area contributed by atoms with Crippen molar-refractivity contribution in [3.63, 3.8) is 0 Å². The summed E-state index contributed by atoms with van der Waals surface area (Å²) < 4.78 is 1.04. The lowest BCUT2D eigenvalue weighted by Crippen LogP contribution is -2.60. The summed E-state index contributed by atoms with van der Waals surface area (Å²) in [7, 11) is 0. The van der Waals surface area contributed by atoms with Crippen LogP contribution in [0.15, 0.2) is 22.8 Å².